The molecule has 150 valence electrons. The largest absolute Gasteiger partial charge is 0.487 e. The molecule has 1 fully saturated rings. The van der Waals surface area contributed by atoms with Crippen molar-refractivity contribution in [1.82, 2.24) is 4.90 Å². The first-order valence-corrected chi connectivity index (χ1v) is 11.4. The summed E-state index contributed by atoms with van der Waals surface area (Å²) in [5.74, 6) is 0.262. The minimum atomic E-state index is -0.370. The maximum absolute atomic E-state index is 12.8. The van der Waals surface area contributed by atoms with Gasteiger partial charge in [0, 0.05) is 10.0 Å². The Morgan fingerprint density at radius 1 is 1.14 bits per heavy atom. The Bertz CT molecular complexity index is 1020. The van der Waals surface area contributed by atoms with Gasteiger partial charge in [-0.25, -0.2) is 0 Å². The third kappa shape index (κ3) is 5.27. The Kier molecular flexibility index (Phi) is 7.51. The molecule has 0 aliphatic carbocycles. The molecule has 0 atom stereocenters. The van der Waals surface area contributed by atoms with Crippen LogP contribution in [0.25, 0.3) is 6.08 Å². The molecule has 4 nitrogen and oxygen atoms in total. The number of rotatable bonds is 6. The van der Waals surface area contributed by atoms with E-state index in [9.17, 15) is 9.59 Å². The lowest BCUT2D eigenvalue weighted by Gasteiger charge is -2.13. The van der Waals surface area contributed by atoms with Gasteiger partial charge < -0.3 is 4.74 Å². The number of hydrogen-bond donors (Lipinski definition) is 0. The lowest BCUT2D eigenvalue weighted by atomic mass is 10.2. The number of hydrogen-bond acceptors (Lipinski definition) is 4. The van der Waals surface area contributed by atoms with Crippen molar-refractivity contribution >= 4 is 84.0 Å². The smallest absolute Gasteiger partial charge is 0.293 e. The van der Waals surface area contributed by atoms with Crippen LogP contribution in [0.1, 0.15) is 11.1 Å². The number of halogens is 4. The van der Waals surface area contributed by atoms with Crippen LogP contribution in [0.5, 0.6) is 5.75 Å². The number of benzene rings is 2. The zero-order valence-electron chi connectivity index (χ0n) is 14.8. The Morgan fingerprint density at radius 2 is 1.83 bits per heavy atom. The number of imide groups is 1. The predicted molar refractivity (Wildman–Crippen MR) is 126 cm³/mol. The highest BCUT2D eigenvalue weighted by molar-refractivity contribution is 9.11. The fraction of sp³-hybridized carbons (Fsp3) is 0.100. The second kappa shape index (κ2) is 9.71. The third-order valence-electron chi connectivity index (χ3n) is 3.88. The summed E-state index contributed by atoms with van der Waals surface area (Å²) in [6.45, 7) is 4.07. The molecule has 9 heteroatoms. The van der Waals surface area contributed by atoms with E-state index in [2.05, 4.69) is 38.4 Å². The van der Waals surface area contributed by atoms with Gasteiger partial charge in [-0.3, -0.25) is 14.5 Å². The molecule has 1 aliphatic heterocycles. The average Bonchev–Trinajstić information content (AvgIpc) is 2.90. The minimum Gasteiger partial charge on any atom is -0.487 e. The van der Waals surface area contributed by atoms with Gasteiger partial charge in [-0.2, -0.15) is 0 Å². The van der Waals surface area contributed by atoms with Crippen LogP contribution in [-0.4, -0.2) is 22.7 Å². The average molecular weight is 578 g/mol. The summed E-state index contributed by atoms with van der Waals surface area (Å²) in [5.41, 5.74) is 1.39. The van der Waals surface area contributed by atoms with Crippen molar-refractivity contribution in [2.75, 3.05) is 6.61 Å². The normalized spacial score (nSPS) is 15.3. The molecular formula is C20H13Br2Cl2NO3S. The van der Waals surface area contributed by atoms with Gasteiger partial charge >= 0.3 is 0 Å². The van der Waals surface area contributed by atoms with E-state index < -0.39 is 0 Å². The number of amides is 2. The molecule has 1 aliphatic rings. The van der Waals surface area contributed by atoms with Crippen molar-refractivity contribution in [3.8, 4) is 5.75 Å². The van der Waals surface area contributed by atoms with Crippen molar-refractivity contribution in [3.63, 3.8) is 0 Å². The number of carbonyl (C=O) groups excluding carboxylic acids is 2. The first-order valence-electron chi connectivity index (χ1n) is 8.22. The monoisotopic (exact) mass is 575 g/mol. The maximum atomic E-state index is 12.8. The zero-order valence-corrected chi connectivity index (χ0v) is 20.3. The highest BCUT2D eigenvalue weighted by atomic mass is 79.9. The van der Waals surface area contributed by atoms with Crippen molar-refractivity contribution in [1.29, 1.82) is 0 Å². The standard InChI is InChI=1S/C20H13Br2Cl2NO3S/c1-2-5-28-18-14(21)6-11(7-15(18)22)8-17-19(26)25(20(27)29-17)10-12-3-4-13(23)9-16(12)24/h2-4,6-9H,1,5,10H2/b17-8-. The van der Waals surface area contributed by atoms with Gasteiger partial charge in [0.25, 0.3) is 11.1 Å². The first-order chi connectivity index (χ1) is 13.8. The SMILES string of the molecule is C=CCOc1c(Br)cc(/C=C2\SC(=O)N(Cc3ccc(Cl)cc3Cl)C2=O)cc1Br. The van der Waals surface area contributed by atoms with Crippen molar-refractivity contribution in [2.45, 2.75) is 6.54 Å². The van der Waals surface area contributed by atoms with E-state index in [0.29, 0.717) is 41.8 Å². The zero-order chi connectivity index (χ0) is 21.1. The predicted octanol–water partition coefficient (Wildman–Crippen LogP) is 7.32. The second-order valence-corrected chi connectivity index (χ2v) is 9.46. The molecule has 2 aromatic rings. The minimum absolute atomic E-state index is 0.0831. The molecule has 0 bridgehead atoms. The number of carbonyl (C=O) groups is 2. The van der Waals surface area contributed by atoms with Gasteiger partial charge in [-0.1, -0.05) is 41.9 Å². The highest BCUT2D eigenvalue weighted by Gasteiger charge is 2.35. The van der Waals surface area contributed by atoms with Gasteiger partial charge in [0.05, 0.1) is 20.4 Å². The molecule has 0 unspecified atom stereocenters. The lowest BCUT2D eigenvalue weighted by molar-refractivity contribution is -0.123. The third-order valence-corrected chi connectivity index (χ3v) is 6.55. The molecule has 0 spiro atoms. The molecule has 3 rings (SSSR count). The van der Waals surface area contributed by atoms with Crippen LogP contribution >= 0.6 is 66.8 Å². The fourth-order valence-corrected chi connectivity index (χ4v) is 5.31. The van der Waals surface area contributed by atoms with Gasteiger partial charge in [-0.15, -0.1) is 0 Å². The van der Waals surface area contributed by atoms with Crippen LogP contribution in [0.15, 0.2) is 56.8 Å². The highest BCUT2D eigenvalue weighted by Crippen LogP contribution is 2.38. The maximum Gasteiger partial charge on any atom is 0.293 e. The number of thioether (sulfide) groups is 1. The van der Waals surface area contributed by atoms with Crippen molar-refractivity contribution < 1.29 is 14.3 Å². The summed E-state index contributed by atoms with van der Waals surface area (Å²) < 4.78 is 7.02. The van der Waals surface area contributed by atoms with Gasteiger partial charge in [0.1, 0.15) is 12.4 Å². The Balaban J connectivity index is 1.83. The molecule has 2 aromatic carbocycles. The van der Waals surface area contributed by atoms with E-state index in [0.717, 1.165) is 22.2 Å². The summed E-state index contributed by atoms with van der Waals surface area (Å²) in [6.07, 6.45) is 3.32. The quantitative estimate of drug-likeness (QED) is 0.267. The summed E-state index contributed by atoms with van der Waals surface area (Å²) in [4.78, 5) is 26.6. The first kappa shape index (κ1) is 22.4. The summed E-state index contributed by atoms with van der Waals surface area (Å²) in [7, 11) is 0. The summed E-state index contributed by atoms with van der Waals surface area (Å²) in [6, 6.07) is 8.58. The van der Waals surface area contributed by atoms with Crippen molar-refractivity contribution in [3.05, 3.63) is 78.0 Å². The number of nitrogens with zero attached hydrogens (tertiary/aromatic N) is 1. The van der Waals surface area contributed by atoms with E-state index >= 15 is 0 Å². The molecule has 1 heterocycles. The van der Waals surface area contributed by atoms with Gasteiger partial charge in [0.15, 0.2) is 0 Å². The van der Waals surface area contributed by atoms with E-state index in [4.69, 9.17) is 27.9 Å². The summed E-state index contributed by atoms with van der Waals surface area (Å²) >= 11 is 19.9. The topological polar surface area (TPSA) is 46.6 Å². The number of ether oxygens (including phenoxy) is 1. The molecule has 2 amide bonds. The Morgan fingerprint density at radius 3 is 2.45 bits per heavy atom. The Labute approximate surface area is 199 Å². The van der Waals surface area contributed by atoms with Crippen LogP contribution < -0.4 is 4.74 Å². The van der Waals surface area contributed by atoms with Gasteiger partial charge in [0.2, 0.25) is 0 Å². The van der Waals surface area contributed by atoms with Crippen LogP contribution in [-0.2, 0) is 11.3 Å². The lowest BCUT2D eigenvalue weighted by Crippen LogP contribution is -2.27. The summed E-state index contributed by atoms with van der Waals surface area (Å²) in [5, 5.41) is 0.546. The van der Waals surface area contributed by atoms with E-state index in [1.54, 1.807) is 30.4 Å². The molecular weight excluding hydrogens is 565 g/mol. The fourth-order valence-electron chi connectivity index (χ4n) is 2.55. The van der Waals surface area contributed by atoms with Crippen LogP contribution in [0.2, 0.25) is 10.0 Å². The van der Waals surface area contributed by atoms with Gasteiger partial charge in [-0.05, 0) is 85.1 Å². The van der Waals surface area contributed by atoms with E-state index in [-0.39, 0.29) is 17.7 Å². The molecule has 0 radical (unpaired) electrons. The van der Waals surface area contributed by atoms with E-state index in [1.807, 2.05) is 12.1 Å². The van der Waals surface area contributed by atoms with Crippen LogP contribution in [0, 0.1) is 0 Å². The van der Waals surface area contributed by atoms with Crippen LogP contribution in [0.4, 0.5) is 4.79 Å². The molecule has 1 saturated heterocycles. The van der Waals surface area contributed by atoms with Crippen LogP contribution in [0.3, 0.4) is 0 Å². The molecule has 0 saturated carbocycles. The molecule has 0 N–H and O–H groups in total. The van der Waals surface area contributed by atoms with E-state index in [1.165, 1.54) is 0 Å². The second-order valence-electron chi connectivity index (χ2n) is 5.92. The van der Waals surface area contributed by atoms with Crippen molar-refractivity contribution in [2.24, 2.45) is 0 Å². The molecule has 29 heavy (non-hydrogen) atoms. The molecule has 0 aromatic heterocycles. The Hall–Kier alpha value is -1.25.